The van der Waals surface area contributed by atoms with E-state index in [-0.39, 0.29) is 11.4 Å². The number of halogens is 5. The second-order valence-electron chi connectivity index (χ2n) is 5.68. The van der Waals surface area contributed by atoms with Gasteiger partial charge in [0.15, 0.2) is 5.82 Å². The van der Waals surface area contributed by atoms with Crippen molar-refractivity contribution in [1.29, 1.82) is 0 Å². The van der Waals surface area contributed by atoms with Gasteiger partial charge in [0.25, 0.3) is 5.92 Å². The fourth-order valence-corrected chi connectivity index (χ4v) is 2.30. The molecule has 0 spiro atoms. The molecule has 0 unspecified atom stereocenters. The number of aromatic nitrogens is 3. The van der Waals surface area contributed by atoms with Gasteiger partial charge < -0.3 is 10.0 Å². The van der Waals surface area contributed by atoms with E-state index >= 15 is 0 Å². The number of rotatable bonds is 3. The number of alkyl halides is 5. The summed E-state index contributed by atoms with van der Waals surface area (Å²) in [6.45, 7) is -1.33. The van der Waals surface area contributed by atoms with Crippen LogP contribution in [0.2, 0.25) is 0 Å². The second kappa shape index (κ2) is 6.07. The average molecular weight is 374 g/mol. The standard InChI is InChI=1S/C15H11F5N4O2/c16-14(17)6-23(7-14)12(26)1-2-24-8-21-13(22-24)9-3-10(15(18,19)20)5-11(25)4-9/h1-5,8,25H,6-7H2. The molecule has 2 heterocycles. The van der Waals surface area contributed by atoms with Crippen LogP contribution < -0.4 is 0 Å². The molecule has 1 N–H and O–H groups in total. The van der Waals surface area contributed by atoms with Gasteiger partial charge in [0.1, 0.15) is 12.1 Å². The molecule has 1 saturated heterocycles. The van der Waals surface area contributed by atoms with Crippen LogP contribution in [0, 0.1) is 0 Å². The van der Waals surface area contributed by atoms with E-state index in [9.17, 15) is 31.9 Å². The largest absolute Gasteiger partial charge is 0.508 e. The van der Waals surface area contributed by atoms with Crippen LogP contribution in [0.15, 0.2) is 30.6 Å². The van der Waals surface area contributed by atoms with Gasteiger partial charge in [-0.2, -0.15) is 13.2 Å². The van der Waals surface area contributed by atoms with Gasteiger partial charge in [0.2, 0.25) is 5.91 Å². The number of carbonyl (C=O) groups is 1. The van der Waals surface area contributed by atoms with Crippen molar-refractivity contribution in [2.24, 2.45) is 0 Å². The number of carbonyl (C=O) groups excluding carboxylic acids is 1. The van der Waals surface area contributed by atoms with E-state index in [1.807, 2.05) is 0 Å². The molecular weight excluding hydrogens is 363 g/mol. The highest BCUT2D eigenvalue weighted by molar-refractivity contribution is 5.90. The molecule has 0 saturated carbocycles. The van der Waals surface area contributed by atoms with Gasteiger partial charge >= 0.3 is 6.18 Å². The van der Waals surface area contributed by atoms with Crippen molar-refractivity contribution in [3.63, 3.8) is 0 Å². The lowest BCUT2D eigenvalue weighted by Crippen LogP contribution is -2.58. The molecule has 0 bridgehead atoms. The summed E-state index contributed by atoms with van der Waals surface area (Å²) in [6.07, 6.45) is -1.39. The summed E-state index contributed by atoms with van der Waals surface area (Å²) in [4.78, 5) is 16.4. The lowest BCUT2D eigenvalue weighted by molar-refractivity contribution is -0.160. The highest BCUT2D eigenvalue weighted by Crippen LogP contribution is 2.34. The predicted molar refractivity (Wildman–Crippen MR) is 79.0 cm³/mol. The number of phenols is 1. The Morgan fingerprint density at radius 3 is 2.54 bits per heavy atom. The maximum atomic E-state index is 12.8. The van der Waals surface area contributed by atoms with E-state index in [1.165, 1.54) is 0 Å². The molecule has 0 aliphatic carbocycles. The minimum atomic E-state index is -4.65. The third-order valence-electron chi connectivity index (χ3n) is 3.54. The molecule has 1 fully saturated rings. The van der Waals surface area contributed by atoms with Crippen molar-refractivity contribution in [1.82, 2.24) is 19.7 Å². The minimum Gasteiger partial charge on any atom is -0.508 e. The monoisotopic (exact) mass is 374 g/mol. The molecule has 26 heavy (non-hydrogen) atoms. The number of benzene rings is 1. The summed E-state index contributed by atoms with van der Waals surface area (Å²) in [6, 6.07) is 2.41. The van der Waals surface area contributed by atoms with E-state index in [0.717, 1.165) is 40.3 Å². The maximum Gasteiger partial charge on any atom is 0.416 e. The molecule has 1 aliphatic heterocycles. The van der Waals surface area contributed by atoms with Gasteiger partial charge in [0, 0.05) is 17.8 Å². The lowest BCUT2D eigenvalue weighted by Gasteiger charge is -2.37. The number of phenolic OH excluding ortho intramolecular Hbond substituents is 1. The van der Waals surface area contributed by atoms with Crippen LogP contribution in [-0.2, 0) is 11.0 Å². The summed E-state index contributed by atoms with van der Waals surface area (Å²) in [7, 11) is 0. The Balaban J connectivity index is 1.75. The molecule has 1 aromatic carbocycles. The lowest BCUT2D eigenvalue weighted by atomic mass is 10.1. The van der Waals surface area contributed by atoms with Crippen molar-refractivity contribution in [2.75, 3.05) is 13.1 Å². The fourth-order valence-electron chi connectivity index (χ4n) is 2.30. The van der Waals surface area contributed by atoms with Crippen LogP contribution in [0.1, 0.15) is 5.56 Å². The molecule has 1 aromatic heterocycles. The van der Waals surface area contributed by atoms with Crippen LogP contribution in [0.25, 0.3) is 17.6 Å². The normalized spacial score (nSPS) is 16.7. The van der Waals surface area contributed by atoms with Crippen LogP contribution >= 0.6 is 0 Å². The Morgan fingerprint density at radius 1 is 1.23 bits per heavy atom. The third-order valence-corrected chi connectivity index (χ3v) is 3.54. The first-order valence-electron chi connectivity index (χ1n) is 7.21. The number of hydrogen-bond acceptors (Lipinski definition) is 4. The van der Waals surface area contributed by atoms with Gasteiger partial charge in [0.05, 0.1) is 18.7 Å². The molecule has 0 radical (unpaired) electrons. The Morgan fingerprint density at radius 2 is 1.92 bits per heavy atom. The van der Waals surface area contributed by atoms with Crippen molar-refractivity contribution >= 4 is 12.1 Å². The topological polar surface area (TPSA) is 71.2 Å². The second-order valence-corrected chi connectivity index (χ2v) is 5.68. The molecule has 2 aromatic rings. The van der Waals surface area contributed by atoms with Crippen LogP contribution in [0.5, 0.6) is 5.75 Å². The summed E-state index contributed by atoms with van der Waals surface area (Å²) in [5.41, 5.74) is -1.13. The molecule has 3 rings (SSSR count). The highest BCUT2D eigenvalue weighted by Gasteiger charge is 2.45. The van der Waals surface area contributed by atoms with Crippen LogP contribution in [0.4, 0.5) is 22.0 Å². The first-order valence-corrected chi connectivity index (χ1v) is 7.21. The Hall–Kier alpha value is -2.98. The van der Waals surface area contributed by atoms with E-state index in [1.54, 1.807) is 0 Å². The van der Waals surface area contributed by atoms with Crippen molar-refractivity contribution in [3.8, 4) is 17.1 Å². The zero-order valence-corrected chi connectivity index (χ0v) is 12.9. The number of amides is 1. The van der Waals surface area contributed by atoms with Crippen molar-refractivity contribution in [3.05, 3.63) is 36.2 Å². The maximum absolute atomic E-state index is 12.8. The van der Waals surface area contributed by atoms with E-state index in [2.05, 4.69) is 10.1 Å². The van der Waals surface area contributed by atoms with Gasteiger partial charge in [-0.05, 0) is 18.2 Å². The van der Waals surface area contributed by atoms with Crippen LogP contribution in [0.3, 0.4) is 0 Å². The number of aromatic hydroxyl groups is 1. The fraction of sp³-hybridized carbons (Fsp3) is 0.267. The average Bonchev–Trinajstić information content (AvgIpc) is 2.97. The van der Waals surface area contributed by atoms with E-state index in [0.29, 0.717) is 6.07 Å². The number of likely N-dealkylation sites (tertiary alicyclic amines) is 1. The Kier molecular flexibility index (Phi) is 4.17. The quantitative estimate of drug-likeness (QED) is 0.662. The smallest absolute Gasteiger partial charge is 0.416 e. The first kappa shape index (κ1) is 17.8. The molecular formula is C15H11F5N4O2. The summed E-state index contributed by atoms with van der Waals surface area (Å²) < 4.78 is 64.8. The van der Waals surface area contributed by atoms with Gasteiger partial charge in [-0.1, -0.05) is 0 Å². The Labute approximate surface area is 143 Å². The van der Waals surface area contributed by atoms with Crippen molar-refractivity contribution in [2.45, 2.75) is 12.1 Å². The third kappa shape index (κ3) is 3.81. The molecule has 11 heteroatoms. The first-order chi connectivity index (χ1) is 12.0. The number of nitrogens with zero attached hydrogens (tertiary/aromatic N) is 4. The summed E-state index contributed by atoms with van der Waals surface area (Å²) >= 11 is 0. The molecule has 1 amide bonds. The summed E-state index contributed by atoms with van der Waals surface area (Å²) in [5.74, 6) is -4.24. The van der Waals surface area contributed by atoms with Gasteiger partial charge in [-0.3, -0.25) is 4.79 Å². The summed E-state index contributed by atoms with van der Waals surface area (Å²) in [5, 5.41) is 13.3. The zero-order valence-electron chi connectivity index (χ0n) is 12.9. The molecule has 0 atom stereocenters. The van der Waals surface area contributed by atoms with E-state index in [4.69, 9.17) is 0 Å². The SMILES string of the molecule is O=C(C=Cn1cnc(-c2cc(O)cc(C(F)(F)F)c2)n1)N1CC(F)(F)C1. The molecule has 138 valence electrons. The highest BCUT2D eigenvalue weighted by atomic mass is 19.4. The van der Waals surface area contributed by atoms with Crippen LogP contribution in [-0.4, -0.2) is 49.7 Å². The number of hydrogen-bond donors (Lipinski definition) is 1. The van der Waals surface area contributed by atoms with Crippen molar-refractivity contribution < 1.29 is 31.9 Å². The molecule has 6 nitrogen and oxygen atoms in total. The van der Waals surface area contributed by atoms with E-state index < -0.39 is 42.4 Å². The predicted octanol–water partition coefficient (Wildman–Crippen LogP) is 2.62. The molecule has 1 aliphatic rings. The van der Waals surface area contributed by atoms with Gasteiger partial charge in [-0.25, -0.2) is 18.4 Å². The van der Waals surface area contributed by atoms with Gasteiger partial charge in [-0.15, -0.1) is 5.10 Å². The zero-order chi connectivity index (χ0) is 19.1. The minimum absolute atomic E-state index is 0.0711. The Bertz CT molecular complexity index is 867.